The maximum Gasteiger partial charge on any atom is 0.129 e. The van der Waals surface area contributed by atoms with Crippen LogP contribution in [0.4, 0.5) is 0 Å². The second kappa shape index (κ2) is 8.28. The van der Waals surface area contributed by atoms with E-state index in [2.05, 4.69) is 54.2 Å². The zero-order valence-corrected chi connectivity index (χ0v) is 15.4. The molecular formula is C18H26BrNO. The molecule has 0 fully saturated rings. The molecule has 1 aliphatic rings. The minimum absolute atomic E-state index is 0.677. The van der Waals surface area contributed by atoms with Gasteiger partial charge in [-0.1, -0.05) is 48.9 Å². The number of benzene rings is 1. The van der Waals surface area contributed by atoms with Crippen molar-refractivity contribution >= 4 is 21.6 Å². The van der Waals surface area contributed by atoms with E-state index >= 15 is 0 Å². The van der Waals surface area contributed by atoms with Gasteiger partial charge in [-0.25, -0.2) is 0 Å². The number of hydrogen-bond acceptors (Lipinski definition) is 2. The first-order valence-corrected chi connectivity index (χ1v) is 8.39. The van der Waals surface area contributed by atoms with Gasteiger partial charge in [0.1, 0.15) is 12.4 Å². The van der Waals surface area contributed by atoms with Crippen molar-refractivity contribution in [2.45, 2.75) is 41.0 Å². The van der Waals surface area contributed by atoms with E-state index in [-0.39, 0.29) is 0 Å². The summed E-state index contributed by atoms with van der Waals surface area (Å²) in [5.74, 6) is 0.906. The first-order chi connectivity index (χ1) is 10.0. The van der Waals surface area contributed by atoms with E-state index in [0.717, 1.165) is 34.4 Å². The molecule has 0 radical (unpaired) electrons. The minimum atomic E-state index is 0.677. The summed E-state index contributed by atoms with van der Waals surface area (Å²) in [5, 5.41) is 0. The summed E-state index contributed by atoms with van der Waals surface area (Å²) in [4.78, 5) is 2.26. The molecule has 3 heteroatoms. The van der Waals surface area contributed by atoms with Gasteiger partial charge in [0.2, 0.25) is 0 Å². The number of fused-ring (bicyclic) bond motifs is 1. The molecular weight excluding hydrogens is 326 g/mol. The van der Waals surface area contributed by atoms with Crippen molar-refractivity contribution < 1.29 is 4.74 Å². The Morgan fingerprint density at radius 3 is 2.62 bits per heavy atom. The lowest BCUT2D eigenvalue weighted by atomic mass is 10.1. The van der Waals surface area contributed by atoms with E-state index in [9.17, 15) is 0 Å². The van der Waals surface area contributed by atoms with Crippen LogP contribution >= 0.6 is 15.9 Å². The van der Waals surface area contributed by atoms with Crippen molar-refractivity contribution in [3.05, 3.63) is 46.1 Å². The summed E-state index contributed by atoms with van der Waals surface area (Å²) in [5.41, 5.74) is 4.77. The molecule has 0 atom stereocenters. The summed E-state index contributed by atoms with van der Waals surface area (Å²) < 4.78 is 6.87. The van der Waals surface area contributed by atoms with E-state index in [1.165, 1.54) is 11.3 Å². The molecule has 2 nitrogen and oxygen atoms in total. The lowest BCUT2D eigenvalue weighted by Crippen LogP contribution is -2.23. The first-order valence-electron chi connectivity index (χ1n) is 7.60. The number of hydrogen-bond donors (Lipinski definition) is 0. The Kier molecular flexibility index (Phi) is 7.03. The van der Waals surface area contributed by atoms with Crippen LogP contribution in [0.5, 0.6) is 5.75 Å². The van der Waals surface area contributed by atoms with Gasteiger partial charge in [0.05, 0.1) is 6.54 Å². The van der Waals surface area contributed by atoms with Gasteiger partial charge >= 0.3 is 0 Å². The molecule has 2 rings (SSSR count). The lowest BCUT2D eigenvalue weighted by Gasteiger charge is -2.26. The predicted octanol–water partition coefficient (Wildman–Crippen LogP) is 5.84. The molecule has 116 valence electrons. The third-order valence-corrected chi connectivity index (χ3v) is 4.20. The molecule has 0 N–H and O–H groups in total. The van der Waals surface area contributed by atoms with Crippen molar-refractivity contribution in [3.63, 3.8) is 0 Å². The Hall–Kier alpha value is -1.22. The number of rotatable bonds is 2. The van der Waals surface area contributed by atoms with Crippen molar-refractivity contribution in [2.24, 2.45) is 0 Å². The monoisotopic (exact) mass is 351 g/mol. The van der Waals surface area contributed by atoms with Gasteiger partial charge in [-0.15, -0.1) is 0 Å². The Morgan fingerprint density at radius 1 is 1.33 bits per heavy atom. The van der Waals surface area contributed by atoms with Gasteiger partial charge in [0, 0.05) is 21.4 Å². The highest BCUT2D eigenvalue weighted by molar-refractivity contribution is 9.10. The maximum atomic E-state index is 5.84. The fraction of sp³-hybridized carbons (Fsp3) is 0.444. The summed E-state index contributed by atoms with van der Waals surface area (Å²) in [7, 11) is 0. The Morgan fingerprint density at radius 2 is 2.00 bits per heavy atom. The van der Waals surface area contributed by atoms with Gasteiger partial charge in [-0.3, -0.25) is 0 Å². The zero-order chi connectivity index (χ0) is 16.0. The van der Waals surface area contributed by atoms with Crippen LogP contribution in [0.25, 0.3) is 5.70 Å². The normalized spacial score (nSPS) is 15.1. The molecule has 21 heavy (non-hydrogen) atoms. The highest BCUT2D eigenvalue weighted by atomic mass is 79.9. The molecule has 1 aromatic rings. The topological polar surface area (TPSA) is 12.5 Å². The third kappa shape index (κ3) is 4.13. The zero-order valence-electron chi connectivity index (χ0n) is 13.8. The fourth-order valence-electron chi connectivity index (χ4n) is 2.24. The predicted molar refractivity (Wildman–Crippen MR) is 95.4 cm³/mol. The standard InChI is InChI=1S/C16H20BrNO.C2H6/c1-5-11(2)12(3)18-8-9-19-16-10-14(17)6-7-15(16)13(18)4;1-2/h6-7,10H,4-5,8-9H2,1-3H3;1-2H3/b12-11+;. The van der Waals surface area contributed by atoms with Crippen LogP contribution in [-0.2, 0) is 0 Å². The smallest absolute Gasteiger partial charge is 0.129 e. The highest BCUT2D eigenvalue weighted by Crippen LogP contribution is 2.34. The molecule has 0 saturated heterocycles. The van der Waals surface area contributed by atoms with Crippen molar-refractivity contribution in [3.8, 4) is 5.75 Å². The van der Waals surface area contributed by atoms with Crippen LogP contribution in [0.1, 0.15) is 46.6 Å². The van der Waals surface area contributed by atoms with Crippen LogP contribution in [0, 0.1) is 0 Å². The minimum Gasteiger partial charge on any atom is -0.491 e. The maximum absolute atomic E-state index is 5.84. The van der Waals surface area contributed by atoms with E-state index in [1.54, 1.807) is 0 Å². The molecule has 0 bridgehead atoms. The Labute approximate surface area is 137 Å². The number of ether oxygens (including phenoxy) is 1. The molecule has 1 heterocycles. The quantitative estimate of drug-likeness (QED) is 0.662. The van der Waals surface area contributed by atoms with E-state index in [4.69, 9.17) is 4.74 Å². The Balaban J connectivity index is 0.00000106. The van der Waals surface area contributed by atoms with E-state index in [1.807, 2.05) is 26.0 Å². The van der Waals surface area contributed by atoms with Gasteiger partial charge in [0.25, 0.3) is 0 Å². The van der Waals surface area contributed by atoms with Gasteiger partial charge in [-0.05, 0) is 38.5 Å². The largest absolute Gasteiger partial charge is 0.491 e. The van der Waals surface area contributed by atoms with Crippen LogP contribution < -0.4 is 4.74 Å². The van der Waals surface area contributed by atoms with Gasteiger partial charge in [0.15, 0.2) is 0 Å². The molecule has 0 aromatic heterocycles. The van der Waals surface area contributed by atoms with E-state index in [0.29, 0.717) is 6.61 Å². The molecule has 0 unspecified atom stereocenters. The molecule has 0 aliphatic carbocycles. The summed E-state index contributed by atoms with van der Waals surface area (Å²) in [6.07, 6.45) is 1.06. The van der Waals surface area contributed by atoms with Gasteiger partial charge in [-0.2, -0.15) is 0 Å². The summed E-state index contributed by atoms with van der Waals surface area (Å²) in [6, 6.07) is 6.10. The second-order valence-electron chi connectivity index (χ2n) is 4.81. The number of halogens is 1. The molecule has 1 aromatic carbocycles. The molecule has 1 aliphatic heterocycles. The van der Waals surface area contributed by atoms with Gasteiger partial charge < -0.3 is 9.64 Å². The van der Waals surface area contributed by atoms with Crippen LogP contribution in [0.15, 0.2) is 40.5 Å². The molecule has 0 spiro atoms. The van der Waals surface area contributed by atoms with Crippen LogP contribution in [0.3, 0.4) is 0 Å². The average Bonchev–Trinajstić information content (AvgIpc) is 2.66. The fourth-order valence-corrected chi connectivity index (χ4v) is 2.58. The molecule has 0 saturated carbocycles. The Bertz CT molecular complexity index is 534. The number of allylic oxidation sites excluding steroid dienone is 2. The van der Waals surface area contributed by atoms with Crippen LogP contribution in [-0.4, -0.2) is 18.1 Å². The highest BCUT2D eigenvalue weighted by Gasteiger charge is 2.20. The first kappa shape index (κ1) is 17.8. The third-order valence-electron chi connectivity index (χ3n) is 3.71. The van der Waals surface area contributed by atoms with Crippen molar-refractivity contribution in [1.29, 1.82) is 0 Å². The van der Waals surface area contributed by atoms with E-state index < -0.39 is 0 Å². The number of nitrogens with zero attached hydrogens (tertiary/aromatic N) is 1. The van der Waals surface area contributed by atoms with Crippen LogP contribution in [0.2, 0.25) is 0 Å². The SMILES string of the molecule is C=C1c2ccc(Br)cc2OCCN1/C(C)=C(\C)CC.CC. The van der Waals surface area contributed by atoms with Crippen molar-refractivity contribution in [1.82, 2.24) is 4.90 Å². The lowest BCUT2D eigenvalue weighted by molar-refractivity contribution is 0.293. The summed E-state index contributed by atoms with van der Waals surface area (Å²) in [6.45, 7) is 16.3. The molecule has 0 amide bonds. The summed E-state index contributed by atoms with van der Waals surface area (Å²) >= 11 is 3.48. The average molecular weight is 352 g/mol. The van der Waals surface area contributed by atoms with Crippen molar-refractivity contribution in [2.75, 3.05) is 13.2 Å². The second-order valence-corrected chi connectivity index (χ2v) is 5.72.